The van der Waals surface area contributed by atoms with Gasteiger partial charge < -0.3 is 10.6 Å². The van der Waals surface area contributed by atoms with Gasteiger partial charge in [-0.3, -0.25) is 9.48 Å². The number of hydrogen-bond donors (Lipinski definition) is 2. The van der Waals surface area contributed by atoms with Crippen molar-refractivity contribution in [3.05, 3.63) is 11.3 Å². The fourth-order valence-electron chi connectivity index (χ4n) is 3.17. The van der Waals surface area contributed by atoms with E-state index in [1.165, 1.54) is 19.3 Å². The van der Waals surface area contributed by atoms with Crippen LogP contribution in [0.1, 0.15) is 43.4 Å². The van der Waals surface area contributed by atoms with Crippen LogP contribution in [0, 0.1) is 5.92 Å². The van der Waals surface area contributed by atoms with Gasteiger partial charge in [-0.1, -0.05) is 19.3 Å². The second-order valence-corrected chi connectivity index (χ2v) is 5.65. The zero-order chi connectivity index (χ0) is 13.2. The summed E-state index contributed by atoms with van der Waals surface area (Å²) < 4.78 is 1.82. The number of nitrogens with zero attached hydrogens (tertiary/aromatic N) is 2. The first-order valence-corrected chi connectivity index (χ1v) is 7.32. The Morgan fingerprint density at radius 1 is 1.37 bits per heavy atom. The minimum atomic E-state index is 0.177. The van der Waals surface area contributed by atoms with Crippen molar-refractivity contribution in [2.75, 3.05) is 11.9 Å². The van der Waals surface area contributed by atoms with E-state index < -0.39 is 0 Å². The summed E-state index contributed by atoms with van der Waals surface area (Å²) in [5.41, 5.74) is 2.29. The summed E-state index contributed by atoms with van der Waals surface area (Å²) in [4.78, 5) is 12.3. The van der Waals surface area contributed by atoms with Gasteiger partial charge in [0.25, 0.3) is 0 Å². The Hall–Kier alpha value is -1.36. The molecule has 0 unspecified atom stereocenters. The van der Waals surface area contributed by atoms with Crippen molar-refractivity contribution in [2.45, 2.75) is 45.1 Å². The lowest BCUT2D eigenvalue weighted by molar-refractivity contribution is -0.120. The van der Waals surface area contributed by atoms with E-state index >= 15 is 0 Å². The highest BCUT2D eigenvalue weighted by molar-refractivity contribution is 5.92. The van der Waals surface area contributed by atoms with Gasteiger partial charge >= 0.3 is 0 Å². The van der Waals surface area contributed by atoms with Crippen LogP contribution in [-0.4, -0.2) is 22.2 Å². The standard InChI is InChI=1S/C14H22N4O/c1-18-13(11-9-15-8-7-12(11)17-18)16-14(19)10-5-3-2-4-6-10/h10,15H,2-9H2,1H3,(H,16,19). The van der Waals surface area contributed by atoms with Crippen molar-refractivity contribution in [2.24, 2.45) is 13.0 Å². The first kappa shape index (κ1) is 12.7. The summed E-state index contributed by atoms with van der Waals surface area (Å²) in [7, 11) is 1.91. The van der Waals surface area contributed by atoms with Crippen molar-refractivity contribution in [1.29, 1.82) is 0 Å². The monoisotopic (exact) mass is 262 g/mol. The number of nitrogens with one attached hydrogen (secondary N) is 2. The van der Waals surface area contributed by atoms with E-state index in [1.807, 2.05) is 11.7 Å². The second kappa shape index (κ2) is 5.33. The topological polar surface area (TPSA) is 59.0 Å². The lowest BCUT2D eigenvalue weighted by atomic mass is 9.88. The molecule has 104 valence electrons. The summed E-state index contributed by atoms with van der Waals surface area (Å²) in [6.45, 7) is 1.78. The Morgan fingerprint density at radius 3 is 2.95 bits per heavy atom. The number of aryl methyl sites for hydroxylation is 1. The molecule has 1 aromatic rings. The second-order valence-electron chi connectivity index (χ2n) is 5.65. The van der Waals surface area contributed by atoms with Gasteiger partial charge in [0, 0.05) is 38.0 Å². The van der Waals surface area contributed by atoms with E-state index in [0.717, 1.165) is 49.4 Å². The molecule has 1 amide bonds. The maximum absolute atomic E-state index is 12.3. The number of amides is 1. The third-order valence-electron chi connectivity index (χ3n) is 4.29. The molecule has 0 radical (unpaired) electrons. The average molecular weight is 262 g/mol. The number of carbonyl (C=O) groups excluding carboxylic acids is 1. The predicted octanol–water partition coefficient (Wildman–Crippen LogP) is 1.58. The summed E-state index contributed by atoms with van der Waals surface area (Å²) in [6.07, 6.45) is 6.65. The summed E-state index contributed by atoms with van der Waals surface area (Å²) in [5.74, 6) is 1.25. The van der Waals surface area contributed by atoms with Crippen LogP contribution in [0.15, 0.2) is 0 Å². The highest BCUT2D eigenvalue weighted by Crippen LogP contribution is 2.27. The van der Waals surface area contributed by atoms with Crippen LogP contribution < -0.4 is 10.6 Å². The number of carbonyl (C=O) groups is 1. The Labute approximate surface area is 113 Å². The van der Waals surface area contributed by atoms with Crippen molar-refractivity contribution in [3.8, 4) is 0 Å². The van der Waals surface area contributed by atoms with Gasteiger partial charge in [0.2, 0.25) is 5.91 Å². The number of aromatic nitrogens is 2. The molecule has 0 aromatic carbocycles. The van der Waals surface area contributed by atoms with Gasteiger partial charge in [-0.25, -0.2) is 0 Å². The van der Waals surface area contributed by atoms with Crippen molar-refractivity contribution in [3.63, 3.8) is 0 Å². The predicted molar refractivity (Wildman–Crippen MR) is 73.8 cm³/mol. The van der Waals surface area contributed by atoms with E-state index in [-0.39, 0.29) is 11.8 Å². The van der Waals surface area contributed by atoms with Crippen LogP contribution in [-0.2, 0) is 24.8 Å². The summed E-state index contributed by atoms with van der Waals surface area (Å²) in [5, 5.41) is 11.0. The van der Waals surface area contributed by atoms with E-state index in [4.69, 9.17) is 0 Å². The molecule has 0 bridgehead atoms. The smallest absolute Gasteiger partial charge is 0.228 e. The zero-order valence-corrected chi connectivity index (χ0v) is 11.5. The SMILES string of the molecule is Cn1nc2c(c1NC(=O)C1CCCCC1)CNCC2. The molecule has 0 atom stereocenters. The fourth-order valence-corrected chi connectivity index (χ4v) is 3.17. The lowest BCUT2D eigenvalue weighted by Gasteiger charge is -2.21. The van der Waals surface area contributed by atoms with E-state index in [9.17, 15) is 4.79 Å². The first-order valence-electron chi connectivity index (χ1n) is 7.32. The number of fused-ring (bicyclic) bond motifs is 1. The van der Waals surface area contributed by atoms with Gasteiger partial charge in [-0.2, -0.15) is 5.10 Å². The van der Waals surface area contributed by atoms with Crippen LogP contribution >= 0.6 is 0 Å². The average Bonchev–Trinajstić information content (AvgIpc) is 2.76. The molecule has 3 rings (SSSR count). The Morgan fingerprint density at radius 2 is 2.16 bits per heavy atom. The largest absolute Gasteiger partial charge is 0.312 e. The van der Waals surface area contributed by atoms with Crippen LogP contribution in [0.3, 0.4) is 0 Å². The van der Waals surface area contributed by atoms with Gasteiger partial charge in [0.05, 0.1) is 5.69 Å². The van der Waals surface area contributed by atoms with E-state index in [2.05, 4.69) is 15.7 Å². The molecule has 0 spiro atoms. The molecule has 1 aliphatic carbocycles. The Balaban J connectivity index is 1.75. The van der Waals surface area contributed by atoms with Crippen molar-refractivity contribution in [1.82, 2.24) is 15.1 Å². The molecule has 5 heteroatoms. The molecule has 1 fully saturated rings. The molecule has 5 nitrogen and oxygen atoms in total. The Bertz CT molecular complexity index is 474. The zero-order valence-electron chi connectivity index (χ0n) is 11.5. The molecule has 1 aromatic heterocycles. The minimum absolute atomic E-state index is 0.177. The Kier molecular flexibility index (Phi) is 3.55. The molecule has 1 saturated carbocycles. The molecule has 0 saturated heterocycles. The number of hydrogen-bond acceptors (Lipinski definition) is 3. The molecule has 2 heterocycles. The van der Waals surface area contributed by atoms with Gasteiger partial charge in [0.15, 0.2) is 0 Å². The normalized spacial score (nSPS) is 20.1. The third kappa shape index (κ3) is 2.52. The maximum Gasteiger partial charge on any atom is 0.228 e. The van der Waals surface area contributed by atoms with Crippen molar-refractivity contribution >= 4 is 11.7 Å². The molecule has 1 aliphatic heterocycles. The van der Waals surface area contributed by atoms with E-state index in [0.29, 0.717) is 0 Å². The van der Waals surface area contributed by atoms with Crippen LogP contribution in [0.4, 0.5) is 5.82 Å². The quantitative estimate of drug-likeness (QED) is 0.851. The van der Waals surface area contributed by atoms with Crippen LogP contribution in [0.5, 0.6) is 0 Å². The molecule has 2 aliphatic rings. The lowest BCUT2D eigenvalue weighted by Crippen LogP contribution is -2.28. The maximum atomic E-state index is 12.3. The summed E-state index contributed by atoms with van der Waals surface area (Å²) >= 11 is 0. The van der Waals surface area contributed by atoms with Crippen LogP contribution in [0.25, 0.3) is 0 Å². The highest BCUT2D eigenvalue weighted by atomic mass is 16.2. The molecule has 2 N–H and O–H groups in total. The van der Waals surface area contributed by atoms with Gasteiger partial charge in [-0.15, -0.1) is 0 Å². The van der Waals surface area contributed by atoms with Gasteiger partial charge in [0.1, 0.15) is 5.82 Å². The molecule has 19 heavy (non-hydrogen) atoms. The molecular weight excluding hydrogens is 240 g/mol. The number of anilines is 1. The summed E-state index contributed by atoms with van der Waals surface area (Å²) in [6, 6.07) is 0. The minimum Gasteiger partial charge on any atom is -0.312 e. The van der Waals surface area contributed by atoms with Gasteiger partial charge in [-0.05, 0) is 12.8 Å². The highest BCUT2D eigenvalue weighted by Gasteiger charge is 2.25. The molecular formula is C14H22N4O. The van der Waals surface area contributed by atoms with E-state index in [1.54, 1.807) is 0 Å². The number of rotatable bonds is 2. The van der Waals surface area contributed by atoms with Crippen LogP contribution in [0.2, 0.25) is 0 Å². The third-order valence-corrected chi connectivity index (χ3v) is 4.29. The fraction of sp³-hybridized carbons (Fsp3) is 0.714. The first-order chi connectivity index (χ1) is 9.25. The van der Waals surface area contributed by atoms with Crippen molar-refractivity contribution < 1.29 is 4.79 Å².